The van der Waals surface area contributed by atoms with Gasteiger partial charge in [0.25, 0.3) is 0 Å². The van der Waals surface area contributed by atoms with E-state index < -0.39 is 5.92 Å². The van der Waals surface area contributed by atoms with Gasteiger partial charge in [0.1, 0.15) is 23.0 Å². The van der Waals surface area contributed by atoms with Crippen molar-refractivity contribution < 1.29 is 4.74 Å². The number of nitrogens with two attached hydrogens (primary N) is 1. The van der Waals surface area contributed by atoms with Crippen molar-refractivity contribution >= 4 is 0 Å². The average molecular weight is 473 g/mol. The molecule has 5 aromatic rings. The summed E-state index contributed by atoms with van der Waals surface area (Å²) in [6, 6.07) is 19.7. The monoisotopic (exact) mass is 472 g/mol. The van der Waals surface area contributed by atoms with Crippen molar-refractivity contribution in [3.63, 3.8) is 0 Å². The molecular formula is C27H20N8O. The lowest BCUT2D eigenvalue weighted by atomic mass is 9.83. The van der Waals surface area contributed by atoms with Gasteiger partial charge < -0.3 is 10.5 Å². The van der Waals surface area contributed by atoms with E-state index in [2.05, 4.69) is 26.1 Å². The predicted molar refractivity (Wildman–Crippen MR) is 133 cm³/mol. The summed E-state index contributed by atoms with van der Waals surface area (Å²) in [6.45, 7) is 0. The fourth-order valence-electron chi connectivity index (χ4n) is 4.54. The number of fused-ring (bicyclic) bond motifs is 1. The molecule has 0 fully saturated rings. The Morgan fingerprint density at radius 2 is 1.86 bits per heavy atom. The van der Waals surface area contributed by atoms with Gasteiger partial charge in [-0.15, -0.1) is 0 Å². The van der Waals surface area contributed by atoms with Crippen molar-refractivity contribution in [2.75, 3.05) is 0 Å². The molecule has 1 aromatic carbocycles. The molecule has 0 radical (unpaired) electrons. The van der Waals surface area contributed by atoms with Gasteiger partial charge in [-0.2, -0.15) is 10.4 Å². The Bertz CT molecular complexity index is 1630. The van der Waals surface area contributed by atoms with Crippen LogP contribution in [0.5, 0.6) is 5.88 Å². The number of rotatable bonds is 4. The molecule has 1 aliphatic rings. The maximum Gasteiger partial charge on any atom is 0.224 e. The van der Waals surface area contributed by atoms with Gasteiger partial charge in [-0.3, -0.25) is 14.5 Å². The molecule has 1 aliphatic heterocycles. The summed E-state index contributed by atoms with van der Waals surface area (Å²) in [5, 5.41) is 14.7. The number of allylic oxidation sites excluding steroid dienone is 1. The topological polar surface area (TPSA) is 120 Å². The Labute approximate surface area is 206 Å². The zero-order valence-corrected chi connectivity index (χ0v) is 19.3. The van der Waals surface area contributed by atoms with Crippen LogP contribution in [0.4, 0.5) is 0 Å². The van der Waals surface area contributed by atoms with Crippen LogP contribution in [0.3, 0.4) is 0 Å². The van der Waals surface area contributed by atoms with Gasteiger partial charge in [0.2, 0.25) is 11.8 Å². The summed E-state index contributed by atoms with van der Waals surface area (Å²) in [7, 11) is 1.79. The number of aryl methyl sites for hydroxylation is 1. The molecule has 9 heteroatoms. The van der Waals surface area contributed by atoms with Gasteiger partial charge >= 0.3 is 0 Å². The van der Waals surface area contributed by atoms with E-state index in [1.165, 1.54) is 0 Å². The second-order valence-electron chi connectivity index (χ2n) is 8.28. The molecule has 1 unspecified atom stereocenters. The molecule has 0 saturated carbocycles. The number of nitriles is 1. The van der Waals surface area contributed by atoms with Gasteiger partial charge in [0.15, 0.2) is 5.82 Å². The Hall–Kier alpha value is -5.23. The van der Waals surface area contributed by atoms with E-state index in [4.69, 9.17) is 10.5 Å². The molecule has 36 heavy (non-hydrogen) atoms. The zero-order valence-electron chi connectivity index (χ0n) is 19.3. The Balaban J connectivity index is 1.46. The summed E-state index contributed by atoms with van der Waals surface area (Å²) < 4.78 is 9.48. The van der Waals surface area contributed by atoms with Crippen LogP contribution in [0.25, 0.3) is 28.5 Å². The van der Waals surface area contributed by atoms with Gasteiger partial charge in [-0.25, -0.2) is 9.67 Å². The van der Waals surface area contributed by atoms with E-state index >= 15 is 0 Å². The van der Waals surface area contributed by atoms with E-state index in [1.54, 1.807) is 36.5 Å². The van der Waals surface area contributed by atoms with Gasteiger partial charge in [-0.1, -0.05) is 18.2 Å². The number of benzene rings is 1. The first-order chi connectivity index (χ1) is 17.7. The molecule has 0 amide bonds. The van der Waals surface area contributed by atoms with Crippen LogP contribution in [-0.4, -0.2) is 29.3 Å². The first kappa shape index (κ1) is 21.3. The smallest absolute Gasteiger partial charge is 0.224 e. The maximum absolute atomic E-state index is 10.0. The highest BCUT2D eigenvalue weighted by Gasteiger charge is 2.36. The minimum absolute atomic E-state index is 0.0758. The summed E-state index contributed by atoms with van der Waals surface area (Å²) >= 11 is 0. The highest BCUT2D eigenvalue weighted by Crippen LogP contribution is 2.46. The number of ether oxygens (including phenoxy) is 1. The van der Waals surface area contributed by atoms with E-state index in [-0.39, 0.29) is 5.88 Å². The zero-order chi connectivity index (χ0) is 24.6. The first-order valence-corrected chi connectivity index (χ1v) is 11.3. The van der Waals surface area contributed by atoms with Crippen LogP contribution in [-0.2, 0) is 7.05 Å². The molecule has 0 saturated heterocycles. The second kappa shape index (κ2) is 8.52. The predicted octanol–water partition coefficient (Wildman–Crippen LogP) is 3.95. The molecule has 0 spiro atoms. The van der Waals surface area contributed by atoms with Crippen molar-refractivity contribution in [1.82, 2.24) is 29.3 Å². The lowest BCUT2D eigenvalue weighted by molar-refractivity contribution is 0.358. The van der Waals surface area contributed by atoms with Crippen LogP contribution in [0.15, 0.2) is 97.0 Å². The third kappa shape index (κ3) is 3.40. The molecule has 9 nitrogen and oxygen atoms in total. The largest absolute Gasteiger partial charge is 0.422 e. The minimum atomic E-state index is -0.449. The molecule has 0 aliphatic carbocycles. The molecule has 2 N–H and O–H groups in total. The molecular weight excluding hydrogens is 452 g/mol. The fraction of sp³-hybridized carbons (Fsp3) is 0.0741. The number of hydrogen-bond acceptors (Lipinski definition) is 7. The van der Waals surface area contributed by atoms with E-state index in [0.29, 0.717) is 17.1 Å². The lowest BCUT2D eigenvalue weighted by Crippen LogP contribution is -2.21. The molecule has 4 aromatic heterocycles. The van der Waals surface area contributed by atoms with Crippen LogP contribution < -0.4 is 10.5 Å². The highest BCUT2D eigenvalue weighted by molar-refractivity contribution is 5.70. The number of aromatic nitrogens is 6. The first-order valence-electron chi connectivity index (χ1n) is 11.3. The van der Waals surface area contributed by atoms with Crippen LogP contribution >= 0.6 is 0 Å². The van der Waals surface area contributed by atoms with Crippen LogP contribution in [0, 0.1) is 11.3 Å². The van der Waals surface area contributed by atoms with Crippen molar-refractivity contribution in [3.05, 3.63) is 108 Å². The number of hydrogen-bond donors (Lipinski definition) is 1. The SMILES string of the molecule is Cn1nc(-c2cccnc2)c2c1OC(N)=C(C#N)C2c1ccc(-n2ccnc2-c2ccccn2)cc1. The Morgan fingerprint density at radius 3 is 2.58 bits per heavy atom. The van der Waals surface area contributed by atoms with Crippen LogP contribution in [0.1, 0.15) is 17.0 Å². The Kier molecular flexibility index (Phi) is 5.05. The summed E-state index contributed by atoms with van der Waals surface area (Å²) in [6.07, 6.45) is 8.84. The molecule has 1 atom stereocenters. The fourth-order valence-corrected chi connectivity index (χ4v) is 4.54. The quantitative estimate of drug-likeness (QED) is 0.420. The third-order valence-electron chi connectivity index (χ3n) is 6.17. The maximum atomic E-state index is 10.0. The van der Waals surface area contributed by atoms with Crippen LogP contribution in [0.2, 0.25) is 0 Å². The highest BCUT2D eigenvalue weighted by atomic mass is 16.5. The van der Waals surface area contributed by atoms with Gasteiger partial charge in [0.05, 0.1) is 11.5 Å². The number of pyridine rings is 2. The summed E-state index contributed by atoms with van der Waals surface area (Å²) in [5.41, 5.74) is 11.4. The normalized spacial score (nSPS) is 14.7. The molecule has 174 valence electrons. The third-order valence-corrected chi connectivity index (χ3v) is 6.17. The second-order valence-corrected chi connectivity index (χ2v) is 8.28. The van der Waals surface area contributed by atoms with E-state index in [1.807, 2.05) is 65.4 Å². The van der Waals surface area contributed by atoms with Crippen molar-refractivity contribution in [2.45, 2.75) is 5.92 Å². The van der Waals surface area contributed by atoms with E-state index in [0.717, 1.165) is 33.9 Å². The number of nitrogens with zero attached hydrogens (tertiary/aromatic N) is 7. The van der Waals surface area contributed by atoms with Crippen molar-refractivity contribution in [2.24, 2.45) is 12.8 Å². The van der Waals surface area contributed by atoms with Crippen molar-refractivity contribution in [1.29, 1.82) is 5.26 Å². The summed E-state index contributed by atoms with van der Waals surface area (Å²) in [4.78, 5) is 13.2. The standard InChI is InChI=1S/C27H20N8O/c1-34-27-23(24(33-34)18-5-4-11-30-16-18)22(20(15-28)25(29)36-27)17-7-9-19(10-8-17)35-14-13-32-26(35)21-6-2-3-12-31-21/h2-14,16,22H,29H2,1H3. The molecule has 0 bridgehead atoms. The van der Waals surface area contributed by atoms with Gasteiger partial charge in [-0.05, 0) is 42.0 Å². The minimum Gasteiger partial charge on any atom is -0.422 e. The van der Waals surface area contributed by atoms with Crippen molar-refractivity contribution in [3.8, 4) is 40.4 Å². The molecule has 6 rings (SSSR count). The summed E-state index contributed by atoms with van der Waals surface area (Å²) in [5.74, 6) is 0.873. The Morgan fingerprint density at radius 1 is 1.00 bits per heavy atom. The molecule has 5 heterocycles. The number of imidazole rings is 1. The average Bonchev–Trinajstić information content (AvgIpc) is 3.54. The van der Waals surface area contributed by atoms with E-state index in [9.17, 15) is 5.26 Å². The lowest BCUT2D eigenvalue weighted by Gasteiger charge is -2.25. The van der Waals surface area contributed by atoms with Gasteiger partial charge in [0, 0.05) is 49.3 Å².